The number of amides is 1. The second-order valence-electron chi connectivity index (χ2n) is 9.07. The average Bonchev–Trinajstić information content (AvgIpc) is 3.60. The highest BCUT2D eigenvalue weighted by Gasteiger charge is 2.41. The number of nitrogens with zero attached hydrogens (tertiary/aromatic N) is 2. The molecule has 3 aliphatic heterocycles. The number of ether oxygens (including phenoxy) is 5. The van der Waals surface area contributed by atoms with Crippen LogP contribution in [0.25, 0.3) is 0 Å². The van der Waals surface area contributed by atoms with E-state index in [4.69, 9.17) is 23.7 Å². The molecule has 1 unspecified atom stereocenters. The van der Waals surface area contributed by atoms with E-state index in [0.717, 1.165) is 11.1 Å². The number of thioether (sulfide) groups is 1. The Kier molecular flexibility index (Phi) is 8.01. The monoisotopic (exact) mass is 563 g/mol. The summed E-state index contributed by atoms with van der Waals surface area (Å²) < 4.78 is 27.2. The molecule has 40 heavy (non-hydrogen) atoms. The van der Waals surface area contributed by atoms with Gasteiger partial charge in [-0.3, -0.25) is 4.79 Å². The van der Waals surface area contributed by atoms with E-state index in [1.54, 1.807) is 27.2 Å². The Labute approximate surface area is 236 Å². The minimum absolute atomic E-state index is 0.0556. The molecule has 0 fully saturated rings. The molecule has 208 valence electrons. The summed E-state index contributed by atoms with van der Waals surface area (Å²) in [5.74, 6) is 1.77. The standard InChI is InChI=1S/C29H29N3O7S/c1-5-8-37-28(34)26-17(2)31-29-32(27(26)19-10-21(35-3)13-22(11-19)36-4)20(15-40-29)12-25(33)30-14-18-6-7-23-24(9-18)39-16-38-23/h5-7,9-11,13,15,27H,1,8,12,14,16H2,2-4H3,(H,30,33). The van der Waals surface area contributed by atoms with E-state index in [9.17, 15) is 9.59 Å². The Hall–Kier alpha value is -4.38. The molecule has 2 aromatic carbocycles. The van der Waals surface area contributed by atoms with Crippen molar-refractivity contribution in [3.05, 3.63) is 82.6 Å². The summed E-state index contributed by atoms with van der Waals surface area (Å²) in [5.41, 5.74) is 3.19. The van der Waals surface area contributed by atoms with E-state index in [2.05, 4.69) is 16.9 Å². The van der Waals surface area contributed by atoms with Crippen LogP contribution in [-0.4, -0.2) is 49.6 Å². The molecule has 10 nitrogen and oxygen atoms in total. The van der Waals surface area contributed by atoms with Crippen LogP contribution in [0, 0.1) is 0 Å². The number of allylic oxidation sites excluding steroid dienone is 1. The molecule has 0 spiro atoms. The fourth-order valence-corrected chi connectivity index (χ4v) is 5.59. The molecule has 11 heteroatoms. The van der Waals surface area contributed by atoms with Crippen LogP contribution in [0.1, 0.15) is 30.5 Å². The van der Waals surface area contributed by atoms with Gasteiger partial charge in [-0.2, -0.15) is 0 Å². The molecule has 0 radical (unpaired) electrons. The van der Waals surface area contributed by atoms with E-state index in [0.29, 0.717) is 51.7 Å². The van der Waals surface area contributed by atoms with Gasteiger partial charge in [-0.05, 0) is 47.7 Å². The number of benzene rings is 2. The third-order valence-corrected chi connectivity index (χ3v) is 7.40. The Morgan fingerprint density at radius 1 is 1.15 bits per heavy atom. The Morgan fingerprint density at radius 3 is 2.62 bits per heavy atom. The van der Waals surface area contributed by atoms with Gasteiger partial charge >= 0.3 is 5.97 Å². The second-order valence-corrected chi connectivity index (χ2v) is 9.90. The first-order valence-electron chi connectivity index (χ1n) is 12.5. The maximum absolute atomic E-state index is 13.3. The summed E-state index contributed by atoms with van der Waals surface area (Å²) >= 11 is 1.40. The van der Waals surface area contributed by atoms with Crippen molar-refractivity contribution >= 4 is 28.8 Å². The Bertz CT molecular complexity index is 1430. The SMILES string of the molecule is C=CCOC(=O)C1=C(C)N=C2SC=C(CC(=O)NCc3ccc4c(c3)OCO4)N2C1c1cc(OC)cc(OC)c1. The second kappa shape index (κ2) is 11.8. The molecule has 3 aliphatic rings. The highest BCUT2D eigenvalue weighted by atomic mass is 32.2. The number of nitrogens with one attached hydrogen (secondary N) is 1. The van der Waals surface area contributed by atoms with Crippen molar-refractivity contribution < 1.29 is 33.3 Å². The van der Waals surface area contributed by atoms with Gasteiger partial charge in [0.1, 0.15) is 18.1 Å². The quantitative estimate of drug-likeness (QED) is 0.332. The summed E-state index contributed by atoms with van der Waals surface area (Å²) in [5, 5.41) is 5.51. The van der Waals surface area contributed by atoms with Crippen LogP contribution in [0.2, 0.25) is 0 Å². The van der Waals surface area contributed by atoms with Crippen molar-refractivity contribution in [1.82, 2.24) is 10.2 Å². The highest BCUT2D eigenvalue weighted by Crippen LogP contribution is 2.46. The van der Waals surface area contributed by atoms with Crippen molar-refractivity contribution in [1.29, 1.82) is 0 Å². The van der Waals surface area contributed by atoms with Crippen molar-refractivity contribution in [2.75, 3.05) is 27.6 Å². The van der Waals surface area contributed by atoms with Crippen LogP contribution in [0.5, 0.6) is 23.0 Å². The number of hydrogen-bond acceptors (Lipinski definition) is 10. The number of fused-ring (bicyclic) bond motifs is 2. The summed E-state index contributed by atoms with van der Waals surface area (Å²) in [6, 6.07) is 10.4. The molecular weight excluding hydrogens is 534 g/mol. The van der Waals surface area contributed by atoms with Crippen LogP contribution in [0.15, 0.2) is 76.4 Å². The number of carbonyl (C=O) groups is 2. The van der Waals surface area contributed by atoms with Gasteiger partial charge in [0.2, 0.25) is 12.7 Å². The summed E-state index contributed by atoms with van der Waals surface area (Å²) in [6.45, 7) is 5.98. The zero-order valence-electron chi connectivity index (χ0n) is 22.4. The van der Waals surface area contributed by atoms with Crippen LogP contribution < -0.4 is 24.3 Å². The van der Waals surface area contributed by atoms with E-state index in [1.165, 1.54) is 17.8 Å². The van der Waals surface area contributed by atoms with Gasteiger partial charge in [0.05, 0.1) is 38.0 Å². The molecule has 0 aliphatic carbocycles. The largest absolute Gasteiger partial charge is 0.497 e. The number of methoxy groups -OCH3 is 2. The molecular formula is C29H29N3O7S. The van der Waals surface area contributed by atoms with Gasteiger partial charge < -0.3 is 33.9 Å². The van der Waals surface area contributed by atoms with Crippen molar-refractivity contribution in [3.8, 4) is 23.0 Å². The first-order valence-corrected chi connectivity index (χ1v) is 13.4. The van der Waals surface area contributed by atoms with Crippen LogP contribution in [-0.2, 0) is 20.9 Å². The number of esters is 1. The van der Waals surface area contributed by atoms with Crippen LogP contribution >= 0.6 is 11.8 Å². The predicted molar refractivity (Wildman–Crippen MR) is 150 cm³/mol. The van der Waals surface area contributed by atoms with Gasteiger partial charge in [-0.25, -0.2) is 9.79 Å². The molecule has 1 atom stereocenters. The zero-order chi connectivity index (χ0) is 28.2. The Balaban J connectivity index is 1.42. The topological polar surface area (TPSA) is 108 Å². The minimum atomic E-state index is -0.628. The molecule has 0 saturated heterocycles. The molecule has 1 N–H and O–H groups in total. The summed E-state index contributed by atoms with van der Waals surface area (Å²) in [6.07, 6.45) is 1.58. The van der Waals surface area contributed by atoms with Crippen molar-refractivity contribution in [2.45, 2.75) is 25.9 Å². The summed E-state index contributed by atoms with van der Waals surface area (Å²) in [7, 11) is 3.13. The smallest absolute Gasteiger partial charge is 0.338 e. The normalized spacial score (nSPS) is 17.1. The lowest BCUT2D eigenvalue weighted by atomic mass is 9.93. The third-order valence-electron chi connectivity index (χ3n) is 6.51. The number of amidine groups is 1. The van der Waals surface area contributed by atoms with Gasteiger partial charge in [-0.15, -0.1) is 0 Å². The average molecular weight is 564 g/mol. The number of carbonyl (C=O) groups excluding carboxylic acids is 2. The third kappa shape index (κ3) is 5.50. The highest BCUT2D eigenvalue weighted by molar-refractivity contribution is 8.16. The van der Waals surface area contributed by atoms with Gasteiger partial charge in [0, 0.05) is 18.3 Å². The number of hydrogen-bond donors (Lipinski definition) is 1. The van der Waals surface area contributed by atoms with Crippen molar-refractivity contribution in [3.63, 3.8) is 0 Å². The molecule has 1 amide bonds. The Morgan fingerprint density at radius 2 is 1.90 bits per heavy atom. The maximum Gasteiger partial charge on any atom is 0.338 e. The zero-order valence-corrected chi connectivity index (χ0v) is 23.2. The van der Waals surface area contributed by atoms with Crippen molar-refractivity contribution in [2.24, 2.45) is 4.99 Å². The minimum Gasteiger partial charge on any atom is -0.497 e. The molecule has 3 heterocycles. The molecule has 0 bridgehead atoms. The fourth-order valence-electron chi connectivity index (χ4n) is 4.62. The fraction of sp³-hybridized carbons (Fsp3) is 0.276. The van der Waals surface area contributed by atoms with Gasteiger partial charge in [-0.1, -0.05) is 30.5 Å². The van der Waals surface area contributed by atoms with Crippen LogP contribution in [0.4, 0.5) is 0 Å². The van der Waals surface area contributed by atoms with E-state index < -0.39 is 12.0 Å². The molecule has 2 aromatic rings. The number of aliphatic imine (C=N–C) groups is 1. The van der Waals surface area contributed by atoms with E-state index in [1.807, 2.05) is 40.6 Å². The summed E-state index contributed by atoms with van der Waals surface area (Å²) in [4.78, 5) is 33.0. The van der Waals surface area contributed by atoms with Gasteiger partial charge in [0.25, 0.3) is 0 Å². The predicted octanol–water partition coefficient (Wildman–Crippen LogP) is 4.44. The van der Waals surface area contributed by atoms with Crippen LogP contribution in [0.3, 0.4) is 0 Å². The molecule has 5 rings (SSSR count). The first kappa shape index (κ1) is 27.2. The molecule has 0 saturated carbocycles. The maximum atomic E-state index is 13.3. The number of rotatable bonds is 10. The van der Waals surface area contributed by atoms with E-state index in [-0.39, 0.29) is 25.7 Å². The first-order chi connectivity index (χ1) is 19.4. The van der Waals surface area contributed by atoms with E-state index >= 15 is 0 Å². The molecule has 0 aromatic heterocycles. The lowest BCUT2D eigenvalue weighted by Gasteiger charge is -2.36. The van der Waals surface area contributed by atoms with Gasteiger partial charge in [0.15, 0.2) is 16.7 Å². The lowest BCUT2D eigenvalue weighted by Crippen LogP contribution is -2.38. The lowest BCUT2D eigenvalue weighted by molar-refractivity contribution is -0.138.